The minimum atomic E-state index is -4.07. The fraction of sp³-hybridized carbons (Fsp3) is 0.240. The quantitative estimate of drug-likeness (QED) is 0.477. The summed E-state index contributed by atoms with van der Waals surface area (Å²) >= 11 is 0. The fourth-order valence-electron chi connectivity index (χ4n) is 3.31. The molecule has 8 heteroatoms. The molecule has 0 aliphatic heterocycles. The largest absolute Gasteiger partial charge is 0.493 e. The van der Waals surface area contributed by atoms with Gasteiger partial charge in [-0.25, -0.2) is 8.42 Å². The first-order valence-electron chi connectivity index (χ1n) is 10.4. The number of amides is 1. The van der Waals surface area contributed by atoms with E-state index in [1.807, 2.05) is 31.2 Å². The highest BCUT2D eigenvalue weighted by atomic mass is 32.2. The molecule has 0 heterocycles. The van der Waals surface area contributed by atoms with Crippen LogP contribution in [-0.2, 0) is 21.4 Å². The first-order valence-corrected chi connectivity index (χ1v) is 11.8. The van der Waals surface area contributed by atoms with Crippen molar-refractivity contribution in [2.24, 2.45) is 0 Å². The van der Waals surface area contributed by atoms with Crippen LogP contribution >= 0.6 is 0 Å². The summed E-state index contributed by atoms with van der Waals surface area (Å²) in [5.41, 5.74) is 2.49. The fourth-order valence-corrected chi connectivity index (χ4v) is 4.74. The van der Waals surface area contributed by atoms with E-state index in [0.29, 0.717) is 18.0 Å². The molecule has 3 aromatic rings. The molecule has 0 unspecified atom stereocenters. The molecular weight excluding hydrogens is 440 g/mol. The van der Waals surface area contributed by atoms with Crippen LogP contribution in [0.25, 0.3) is 0 Å². The van der Waals surface area contributed by atoms with Crippen LogP contribution < -0.4 is 13.8 Å². The zero-order valence-electron chi connectivity index (χ0n) is 19.2. The molecule has 3 aromatic carbocycles. The van der Waals surface area contributed by atoms with Crippen molar-refractivity contribution in [3.05, 3.63) is 83.9 Å². The number of hydrogen-bond donors (Lipinski definition) is 0. The van der Waals surface area contributed by atoms with Crippen molar-refractivity contribution < 1.29 is 22.7 Å². The molecule has 0 spiro atoms. The van der Waals surface area contributed by atoms with Gasteiger partial charge in [0, 0.05) is 19.7 Å². The van der Waals surface area contributed by atoms with Crippen molar-refractivity contribution in [1.82, 2.24) is 4.90 Å². The lowest BCUT2D eigenvalue weighted by atomic mass is 10.1. The molecule has 0 aliphatic rings. The number of aryl methyl sites for hydroxylation is 1. The van der Waals surface area contributed by atoms with Crippen molar-refractivity contribution in [1.29, 1.82) is 0 Å². The lowest BCUT2D eigenvalue weighted by molar-refractivity contribution is -0.128. The Labute approximate surface area is 195 Å². The molecule has 33 heavy (non-hydrogen) atoms. The summed E-state index contributed by atoms with van der Waals surface area (Å²) in [5, 5.41) is 0. The molecule has 1 amide bonds. The third-order valence-corrected chi connectivity index (χ3v) is 7.00. The molecule has 0 saturated heterocycles. The van der Waals surface area contributed by atoms with Crippen molar-refractivity contribution in [3.8, 4) is 11.5 Å². The maximum atomic E-state index is 13.6. The van der Waals surface area contributed by atoms with Crippen molar-refractivity contribution in [2.45, 2.75) is 18.4 Å². The third-order valence-electron chi connectivity index (χ3n) is 5.23. The second kappa shape index (κ2) is 10.4. The molecule has 3 rings (SSSR count). The maximum Gasteiger partial charge on any atom is 0.264 e. The van der Waals surface area contributed by atoms with Gasteiger partial charge >= 0.3 is 0 Å². The van der Waals surface area contributed by atoms with Crippen LogP contribution in [0.15, 0.2) is 77.7 Å². The number of para-hydroxylation sites is 1. The third kappa shape index (κ3) is 5.64. The second-order valence-electron chi connectivity index (χ2n) is 7.60. The van der Waals surface area contributed by atoms with Crippen LogP contribution in [0, 0.1) is 6.92 Å². The first kappa shape index (κ1) is 24.1. The molecule has 0 saturated carbocycles. The van der Waals surface area contributed by atoms with Crippen LogP contribution in [0.1, 0.15) is 11.1 Å². The Morgan fingerprint density at radius 1 is 0.879 bits per heavy atom. The topological polar surface area (TPSA) is 76.2 Å². The van der Waals surface area contributed by atoms with Crippen molar-refractivity contribution in [3.63, 3.8) is 0 Å². The van der Waals surface area contributed by atoms with Crippen LogP contribution in [0.5, 0.6) is 11.5 Å². The number of benzene rings is 3. The molecule has 7 nitrogen and oxygen atoms in total. The standard InChI is InChI=1S/C25H28N2O5S/c1-19-10-12-20(13-11-19)17-26(2)25(28)18-27(21-8-6-5-7-9-21)33(29,30)22-14-15-23(31-3)24(16-22)32-4/h5-16H,17-18H2,1-4H3. The molecule has 0 N–H and O–H groups in total. The van der Waals surface area contributed by atoms with E-state index < -0.39 is 10.0 Å². The smallest absolute Gasteiger partial charge is 0.264 e. The molecule has 0 fully saturated rings. The zero-order valence-corrected chi connectivity index (χ0v) is 20.0. The number of likely N-dealkylation sites (N-methyl/N-ethyl adjacent to an activating group) is 1. The Hall–Kier alpha value is -3.52. The minimum absolute atomic E-state index is 0.00186. The van der Waals surface area contributed by atoms with E-state index in [1.54, 1.807) is 37.4 Å². The average Bonchev–Trinajstić information content (AvgIpc) is 2.83. The van der Waals surface area contributed by atoms with E-state index in [1.165, 1.54) is 37.3 Å². The van der Waals surface area contributed by atoms with Gasteiger partial charge < -0.3 is 14.4 Å². The highest BCUT2D eigenvalue weighted by Crippen LogP contribution is 2.32. The summed E-state index contributed by atoms with van der Waals surface area (Å²) in [6, 6.07) is 20.8. The van der Waals surface area contributed by atoms with Crippen LogP contribution in [-0.4, -0.2) is 47.0 Å². The van der Waals surface area contributed by atoms with E-state index in [4.69, 9.17) is 9.47 Å². The lowest BCUT2D eigenvalue weighted by Gasteiger charge is -2.27. The van der Waals surface area contributed by atoms with E-state index in [9.17, 15) is 13.2 Å². The summed E-state index contributed by atoms with van der Waals surface area (Å²) in [6.45, 7) is 2.02. The molecule has 174 valence electrons. The highest BCUT2D eigenvalue weighted by Gasteiger charge is 2.29. The Bertz CT molecular complexity index is 1200. The molecular formula is C25H28N2O5S. The molecule has 0 radical (unpaired) electrons. The Morgan fingerprint density at radius 2 is 1.52 bits per heavy atom. The Kier molecular flexibility index (Phi) is 7.60. The highest BCUT2D eigenvalue weighted by molar-refractivity contribution is 7.92. The summed E-state index contributed by atoms with van der Waals surface area (Å²) < 4.78 is 38.8. The SMILES string of the molecule is COc1ccc(S(=O)(=O)N(CC(=O)N(C)Cc2ccc(C)cc2)c2ccccc2)cc1OC. The van der Waals surface area contributed by atoms with Crippen molar-refractivity contribution >= 4 is 21.6 Å². The van der Waals surface area contributed by atoms with E-state index in [-0.39, 0.29) is 23.1 Å². The van der Waals surface area contributed by atoms with E-state index in [0.717, 1.165) is 15.4 Å². The van der Waals surface area contributed by atoms with Gasteiger partial charge in [0.2, 0.25) is 5.91 Å². The molecule has 0 atom stereocenters. The minimum Gasteiger partial charge on any atom is -0.493 e. The van der Waals surface area contributed by atoms with Gasteiger partial charge in [-0.3, -0.25) is 9.10 Å². The van der Waals surface area contributed by atoms with Crippen LogP contribution in [0.3, 0.4) is 0 Å². The average molecular weight is 469 g/mol. The van der Waals surface area contributed by atoms with Gasteiger partial charge in [0.15, 0.2) is 11.5 Å². The van der Waals surface area contributed by atoms with Gasteiger partial charge in [-0.2, -0.15) is 0 Å². The van der Waals surface area contributed by atoms with Crippen LogP contribution in [0.4, 0.5) is 5.69 Å². The number of anilines is 1. The van der Waals surface area contributed by atoms with Gasteiger partial charge in [-0.1, -0.05) is 48.0 Å². The number of ether oxygens (including phenoxy) is 2. The molecule has 0 aromatic heterocycles. The number of hydrogen-bond acceptors (Lipinski definition) is 5. The predicted molar refractivity (Wildman–Crippen MR) is 128 cm³/mol. The summed E-state index contributed by atoms with van der Waals surface area (Å²) in [5.74, 6) is 0.370. The number of carbonyl (C=O) groups excluding carboxylic acids is 1. The van der Waals surface area contributed by atoms with Gasteiger partial charge in [-0.15, -0.1) is 0 Å². The number of methoxy groups -OCH3 is 2. The second-order valence-corrected chi connectivity index (χ2v) is 9.46. The number of carbonyl (C=O) groups is 1. The van der Waals surface area contributed by atoms with E-state index >= 15 is 0 Å². The molecule has 0 aliphatic carbocycles. The van der Waals surface area contributed by atoms with Crippen LogP contribution in [0.2, 0.25) is 0 Å². The van der Waals surface area contributed by atoms with Crippen molar-refractivity contribution in [2.75, 3.05) is 32.1 Å². The van der Waals surface area contributed by atoms with Gasteiger partial charge in [0.1, 0.15) is 6.54 Å². The summed E-state index contributed by atoms with van der Waals surface area (Å²) in [7, 11) is 0.507. The van der Waals surface area contributed by atoms with Gasteiger partial charge in [0.25, 0.3) is 10.0 Å². The molecule has 0 bridgehead atoms. The number of sulfonamides is 1. The zero-order chi connectivity index (χ0) is 24.0. The summed E-state index contributed by atoms with van der Waals surface area (Å²) in [4.78, 5) is 14.6. The summed E-state index contributed by atoms with van der Waals surface area (Å²) in [6.07, 6.45) is 0. The number of rotatable bonds is 9. The maximum absolute atomic E-state index is 13.6. The Balaban J connectivity index is 1.92. The first-order chi connectivity index (χ1) is 15.8. The van der Waals surface area contributed by atoms with Gasteiger partial charge in [-0.05, 0) is 36.8 Å². The lowest BCUT2D eigenvalue weighted by Crippen LogP contribution is -2.41. The van der Waals surface area contributed by atoms with Gasteiger partial charge in [0.05, 0.1) is 24.8 Å². The predicted octanol–water partition coefficient (Wildman–Crippen LogP) is 3.87. The monoisotopic (exact) mass is 468 g/mol. The van der Waals surface area contributed by atoms with E-state index in [2.05, 4.69) is 0 Å². The normalized spacial score (nSPS) is 11.0. The Morgan fingerprint density at radius 3 is 2.12 bits per heavy atom. The number of nitrogens with zero attached hydrogens (tertiary/aromatic N) is 2.